The largest absolute Gasteiger partial charge is 0.439 e. The van der Waals surface area contributed by atoms with Gasteiger partial charge in [-0.25, -0.2) is 9.37 Å². The van der Waals surface area contributed by atoms with E-state index in [0.29, 0.717) is 29.4 Å². The first-order valence-corrected chi connectivity index (χ1v) is 8.66. The Kier molecular flexibility index (Phi) is 4.97. The van der Waals surface area contributed by atoms with Crippen molar-refractivity contribution < 1.29 is 18.8 Å². The third kappa shape index (κ3) is 4.15. The lowest BCUT2D eigenvalue weighted by atomic mass is 10.0. The Morgan fingerprint density at radius 3 is 2.57 bits per heavy atom. The van der Waals surface area contributed by atoms with Gasteiger partial charge in [0.25, 0.3) is 5.91 Å². The number of rotatable bonds is 5. The summed E-state index contributed by atoms with van der Waals surface area (Å²) in [5.41, 5.74) is 1.79. The lowest BCUT2D eigenvalue weighted by Crippen LogP contribution is -2.21. The van der Waals surface area contributed by atoms with Crippen molar-refractivity contribution in [3.05, 3.63) is 84.3 Å². The van der Waals surface area contributed by atoms with Crippen molar-refractivity contribution in [2.45, 2.75) is 12.5 Å². The van der Waals surface area contributed by atoms with Crippen molar-refractivity contribution >= 4 is 17.3 Å². The lowest BCUT2D eigenvalue weighted by molar-refractivity contribution is -0.110. The fourth-order valence-corrected chi connectivity index (χ4v) is 2.70. The molecule has 7 heteroatoms. The van der Waals surface area contributed by atoms with E-state index in [1.807, 2.05) is 30.3 Å². The molecule has 2 heterocycles. The van der Waals surface area contributed by atoms with Crippen LogP contribution in [0.3, 0.4) is 0 Å². The molecule has 0 bridgehead atoms. The van der Waals surface area contributed by atoms with Crippen LogP contribution in [0.2, 0.25) is 0 Å². The third-order valence-electron chi connectivity index (χ3n) is 4.13. The average Bonchev–Trinajstić information content (AvgIpc) is 3.22. The van der Waals surface area contributed by atoms with Crippen LogP contribution < -0.4 is 10.1 Å². The van der Waals surface area contributed by atoms with E-state index in [1.54, 1.807) is 12.1 Å². The molecular formula is C21H16FN3O3. The molecular weight excluding hydrogens is 361 g/mol. The molecule has 1 aromatic heterocycles. The minimum absolute atomic E-state index is 0.258. The molecule has 1 N–H and O–H groups in total. The van der Waals surface area contributed by atoms with Gasteiger partial charge in [0.05, 0.1) is 11.9 Å². The summed E-state index contributed by atoms with van der Waals surface area (Å²) in [5, 5.41) is 6.64. The van der Waals surface area contributed by atoms with Crippen molar-refractivity contribution in [3.63, 3.8) is 0 Å². The molecule has 140 valence electrons. The van der Waals surface area contributed by atoms with Crippen LogP contribution in [0, 0.1) is 5.82 Å². The van der Waals surface area contributed by atoms with E-state index < -0.39 is 0 Å². The number of nitrogens with one attached hydrogen (secondary N) is 1. The molecule has 0 fully saturated rings. The number of nitrogens with zero attached hydrogens (tertiary/aromatic N) is 2. The van der Waals surface area contributed by atoms with Gasteiger partial charge in [-0.3, -0.25) is 4.79 Å². The van der Waals surface area contributed by atoms with Crippen LogP contribution in [-0.2, 0) is 9.63 Å². The summed E-state index contributed by atoms with van der Waals surface area (Å²) in [7, 11) is 0. The second-order valence-corrected chi connectivity index (χ2v) is 6.14. The molecule has 6 nitrogen and oxygen atoms in total. The zero-order chi connectivity index (χ0) is 19.3. The first-order valence-electron chi connectivity index (χ1n) is 8.66. The fourth-order valence-electron chi connectivity index (χ4n) is 2.70. The van der Waals surface area contributed by atoms with Crippen LogP contribution in [0.25, 0.3) is 0 Å². The van der Waals surface area contributed by atoms with Crippen molar-refractivity contribution in [2.75, 3.05) is 5.32 Å². The Morgan fingerprint density at radius 2 is 1.86 bits per heavy atom. The summed E-state index contributed by atoms with van der Waals surface area (Å²) in [6.45, 7) is 0. The van der Waals surface area contributed by atoms with E-state index in [4.69, 9.17) is 9.57 Å². The van der Waals surface area contributed by atoms with Crippen LogP contribution in [0.4, 0.5) is 10.1 Å². The van der Waals surface area contributed by atoms with Gasteiger partial charge in [0.2, 0.25) is 5.88 Å². The number of amides is 1. The highest BCUT2D eigenvalue weighted by atomic mass is 19.1. The molecule has 0 spiro atoms. The maximum Gasteiger partial charge on any atom is 0.273 e. The fraction of sp³-hybridized carbons (Fsp3) is 0.0952. The van der Waals surface area contributed by atoms with Gasteiger partial charge < -0.3 is 14.9 Å². The molecule has 4 rings (SSSR count). The maximum atomic E-state index is 12.9. The summed E-state index contributed by atoms with van der Waals surface area (Å²) in [6.07, 6.45) is 1.61. The van der Waals surface area contributed by atoms with Gasteiger partial charge in [0.15, 0.2) is 6.10 Å². The molecule has 1 amide bonds. The second kappa shape index (κ2) is 7.87. The monoisotopic (exact) mass is 377 g/mol. The van der Waals surface area contributed by atoms with Crippen molar-refractivity contribution in [3.8, 4) is 11.6 Å². The van der Waals surface area contributed by atoms with Gasteiger partial charge in [0, 0.05) is 12.5 Å². The van der Waals surface area contributed by atoms with E-state index in [2.05, 4.69) is 15.5 Å². The summed E-state index contributed by atoms with van der Waals surface area (Å²) in [5.74, 6) is 0.115. The van der Waals surface area contributed by atoms with Crippen LogP contribution in [-0.4, -0.2) is 16.6 Å². The Morgan fingerprint density at radius 1 is 1.07 bits per heavy atom. The standard InChI is InChI=1S/C21H16FN3O3/c22-15-6-9-17(10-7-15)27-20-11-8-16(13-23-20)24-21(26)18-12-19(28-25-18)14-4-2-1-3-5-14/h1-11,13,19H,12H2,(H,24,26)/t19-/m1/s1. The molecule has 0 saturated heterocycles. The second-order valence-electron chi connectivity index (χ2n) is 6.14. The smallest absolute Gasteiger partial charge is 0.273 e. The highest BCUT2D eigenvalue weighted by Gasteiger charge is 2.27. The highest BCUT2D eigenvalue weighted by Crippen LogP contribution is 2.27. The minimum Gasteiger partial charge on any atom is -0.439 e. The topological polar surface area (TPSA) is 72.8 Å². The molecule has 28 heavy (non-hydrogen) atoms. The Labute approximate surface area is 160 Å². The predicted octanol–water partition coefficient (Wildman–Crippen LogP) is 4.47. The summed E-state index contributed by atoms with van der Waals surface area (Å²) in [4.78, 5) is 21.9. The van der Waals surface area contributed by atoms with Crippen LogP contribution >= 0.6 is 0 Å². The summed E-state index contributed by atoms with van der Waals surface area (Å²) in [6, 6.07) is 18.5. The van der Waals surface area contributed by atoms with Crippen molar-refractivity contribution in [1.29, 1.82) is 0 Å². The van der Waals surface area contributed by atoms with Crippen LogP contribution in [0.15, 0.2) is 78.1 Å². The van der Waals surface area contributed by atoms with Crippen molar-refractivity contribution in [2.24, 2.45) is 5.16 Å². The molecule has 0 aliphatic carbocycles. The van der Waals surface area contributed by atoms with Crippen molar-refractivity contribution in [1.82, 2.24) is 4.98 Å². The normalized spacial score (nSPS) is 15.5. The average molecular weight is 377 g/mol. The van der Waals surface area contributed by atoms with Gasteiger partial charge in [-0.05, 0) is 35.9 Å². The first-order chi connectivity index (χ1) is 13.7. The van der Waals surface area contributed by atoms with Crippen LogP contribution in [0.5, 0.6) is 11.6 Å². The summed E-state index contributed by atoms with van der Waals surface area (Å²) >= 11 is 0. The number of anilines is 1. The maximum absolute atomic E-state index is 12.9. The zero-order valence-electron chi connectivity index (χ0n) is 14.7. The number of hydrogen-bond acceptors (Lipinski definition) is 5. The van der Waals surface area contributed by atoms with Gasteiger partial charge in [-0.15, -0.1) is 0 Å². The van der Waals surface area contributed by atoms with E-state index in [9.17, 15) is 9.18 Å². The predicted molar refractivity (Wildman–Crippen MR) is 102 cm³/mol. The number of hydrogen-bond donors (Lipinski definition) is 1. The molecule has 1 aliphatic heterocycles. The quantitative estimate of drug-likeness (QED) is 0.712. The number of pyridine rings is 1. The Hall–Kier alpha value is -3.74. The summed E-state index contributed by atoms with van der Waals surface area (Å²) < 4.78 is 18.4. The first kappa shape index (κ1) is 17.7. The van der Waals surface area contributed by atoms with Gasteiger partial charge in [-0.1, -0.05) is 35.5 Å². The van der Waals surface area contributed by atoms with Crippen LogP contribution in [0.1, 0.15) is 18.1 Å². The molecule has 0 unspecified atom stereocenters. The number of oxime groups is 1. The van der Waals surface area contributed by atoms with E-state index >= 15 is 0 Å². The molecule has 1 aliphatic rings. The third-order valence-corrected chi connectivity index (χ3v) is 4.13. The van der Waals surface area contributed by atoms with Gasteiger partial charge in [0.1, 0.15) is 17.3 Å². The van der Waals surface area contributed by atoms with E-state index in [1.165, 1.54) is 30.5 Å². The van der Waals surface area contributed by atoms with Gasteiger partial charge >= 0.3 is 0 Å². The minimum atomic E-state index is -0.341. The molecule has 2 aromatic carbocycles. The highest BCUT2D eigenvalue weighted by molar-refractivity contribution is 6.43. The number of aromatic nitrogens is 1. The van der Waals surface area contributed by atoms with E-state index in [0.717, 1.165) is 5.56 Å². The Balaban J connectivity index is 1.34. The molecule has 1 atom stereocenters. The zero-order valence-corrected chi connectivity index (χ0v) is 14.7. The lowest BCUT2D eigenvalue weighted by Gasteiger charge is -2.08. The number of benzene rings is 2. The number of carbonyl (C=O) groups is 1. The molecule has 0 radical (unpaired) electrons. The number of ether oxygens (including phenoxy) is 1. The van der Waals surface area contributed by atoms with E-state index in [-0.39, 0.29) is 17.8 Å². The number of halogens is 1. The SMILES string of the molecule is O=C(Nc1ccc(Oc2ccc(F)cc2)nc1)C1=NO[C@@H](c2ccccc2)C1. The molecule has 3 aromatic rings. The Bertz CT molecular complexity index is 990. The van der Waals surface area contributed by atoms with Gasteiger partial charge in [-0.2, -0.15) is 0 Å². The molecule has 0 saturated carbocycles. The number of carbonyl (C=O) groups excluding carboxylic acids is 1.